The van der Waals surface area contributed by atoms with E-state index in [-0.39, 0.29) is 11.9 Å². The molecule has 3 rings (SSSR count). The summed E-state index contributed by atoms with van der Waals surface area (Å²) in [4.78, 5) is 17.0. The van der Waals surface area contributed by atoms with Crippen molar-refractivity contribution in [2.24, 2.45) is 0 Å². The van der Waals surface area contributed by atoms with Gasteiger partial charge in [0.1, 0.15) is 22.2 Å². The summed E-state index contributed by atoms with van der Waals surface area (Å²) >= 11 is 3.07. The number of carbonyl (C=O) groups is 1. The zero-order valence-electron chi connectivity index (χ0n) is 14.1. The van der Waals surface area contributed by atoms with Crippen LogP contribution in [0.4, 0.5) is 0 Å². The van der Waals surface area contributed by atoms with Crippen LogP contribution in [0, 0.1) is 0 Å². The first-order chi connectivity index (χ1) is 12.1. The van der Waals surface area contributed by atoms with Crippen LogP contribution in [-0.2, 0) is 0 Å². The van der Waals surface area contributed by atoms with Crippen molar-refractivity contribution in [2.75, 3.05) is 14.2 Å². The zero-order chi connectivity index (χ0) is 17.8. The third-order valence-corrected chi connectivity index (χ3v) is 5.33. The van der Waals surface area contributed by atoms with E-state index in [0.29, 0.717) is 17.2 Å². The van der Waals surface area contributed by atoms with E-state index < -0.39 is 0 Å². The number of ether oxygens (including phenoxy) is 2. The van der Waals surface area contributed by atoms with Crippen LogP contribution < -0.4 is 14.8 Å². The van der Waals surface area contributed by atoms with Gasteiger partial charge in [-0.1, -0.05) is 0 Å². The van der Waals surface area contributed by atoms with Gasteiger partial charge in [0.15, 0.2) is 0 Å². The van der Waals surface area contributed by atoms with Gasteiger partial charge in [-0.15, -0.1) is 11.3 Å². The Bertz CT molecular complexity index is 859. The Balaban J connectivity index is 1.77. The molecule has 0 aliphatic rings. The molecule has 0 saturated heterocycles. The Morgan fingerprint density at radius 2 is 2.04 bits per heavy atom. The summed E-state index contributed by atoms with van der Waals surface area (Å²) in [6.07, 6.45) is 0. The first-order valence-corrected chi connectivity index (χ1v) is 9.45. The number of nitrogens with zero attached hydrogens (tertiary/aromatic N) is 1. The highest BCUT2D eigenvalue weighted by Gasteiger charge is 2.18. The molecule has 0 saturated carbocycles. The number of rotatable bonds is 6. The number of aromatic nitrogens is 1. The first kappa shape index (κ1) is 17.4. The summed E-state index contributed by atoms with van der Waals surface area (Å²) in [5, 5.41) is 9.60. The van der Waals surface area contributed by atoms with E-state index in [1.165, 1.54) is 11.3 Å². The lowest BCUT2D eigenvalue weighted by atomic mass is 10.1. The van der Waals surface area contributed by atoms with Crippen LogP contribution in [0.2, 0.25) is 0 Å². The van der Waals surface area contributed by atoms with E-state index in [9.17, 15) is 4.79 Å². The molecular formula is C18H18N2O3S2. The summed E-state index contributed by atoms with van der Waals surface area (Å²) in [5.41, 5.74) is 2.31. The first-order valence-electron chi connectivity index (χ1n) is 7.63. The van der Waals surface area contributed by atoms with Crippen LogP contribution >= 0.6 is 22.7 Å². The average molecular weight is 374 g/mol. The maximum absolute atomic E-state index is 12.5. The molecule has 2 aromatic heterocycles. The van der Waals surface area contributed by atoms with Gasteiger partial charge in [-0.3, -0.25) is 4.79 Å². The summed E-state index contributed by atoms with van der Waals surface area (Å²) in [6.45, 7) is 1.90. The summed E-state index contributed by atoms with van der Waals surface area (Å²) in [5.74, 6) is 1.20. The third kappa shape index (κ3) is 3.83. The van der Waals surface area contributed by atoms with E-state index in [1.54, 1.807) is 30.9 Å². The van der Waals surface area contributed by atoms with Crippen LogP contribution in [-0.4, -0.2) is 25.1 Å². The van der Waals surface area contributed by atoms with E-state index in [2.05, 4.69) is 10.3 Å². The van der Waals surface area contributed by atoms with Gasteiger partial charge in [-0.2, -0.15) is 11.3 Å². The Morgan fingerprint density at radius 3 is 2.72 bits per heavy atom. The molecule has 1 aromatic carbocycles. The number of nitrogens with one attached hydrogen (secondary N) is 1. The number of amides is 1. The van der Waals surface area contributed by atoms with Gasteiger partial charge in [0, 0.05) is 21.9 Å². The van der Waals surface area contributed by atoms with Crippen LogP contribution in [0.5, 0.6) is 11.5 Å². The second kappa shape index (κ2) is 7.67. The van der Waals surface area contributed by atoms with Crippen molar-refractivity contribution in [2.45, 2.75) is 13.0 Å². The predicted octanol–water partition coefficient (Wildman–Crippen LogP) is 4.38. The van der Waals surface area contributed by atoms with Gasteiger partial charge in [-0.05, 0) is 36.6 Å². The maximum Gasteiger partial charge on any atom is 0.271 e. The summed E-state index contributed by atoms with van der Waals surface area (Å²) in [6, 6.07) is 7.26. The highest BCUT2D eigenvalue weighted by molar-refractivity contribution is 7.14. The lowest BCUT2D eigenvalue weighted by molar-refractivity contribution is 0.0935. The Labute approximate surface area is 154 Å². The number of carbonyl (C=O) groups excluding carboxylic acids is 1. The van der Waals surface area contributed by atoms with Gasteiger partial charge < -0.3 is 14.8 Å². The molecule has 3 aromatic rings. The van der Waals surface area contributed by atoms with Crippen molar-refractivity contribution in [3.05, 3.63) is 51.7 Å². The smallest absolute Gasteiger partial charge is 0.271 e. The number of thiazole rings is 1. The normalized spacial score (nSPS) is 11.8. The quantitative estimate of drug-likeness (QED) is 0.696. The third-order valence-electron chi connectivity index (χ3n) is 3.76. The van der Waals surface area contributed by atoms with Crippen molar-refractivity contribution in [3.8, 4) is 22.1 Å². The fourth-order valence-corrected chi connectivity index (χ4v) is 3.94. The molecule has 1 N–H and O–H groups in total. The molecule has 130 valence electrons. The molecule has 0 spiro atoms. The topological polar surface area (TPSA) is 60.5 Å². The largest absolute Gasteiger partial charge is 0.497 e. The SMILES string of the molecule is COc1ccc(OC)c(C(C)NC(=O)c2csc(-c3ccsc3)n2)c1. The fourth-order valence-electron chi connectivity index (χ4n) is 2.42. The molecule has 0 aliphatic carbocycles. The predicted molar refractivity (Wildman–Crippen MR) is 101 cm³/mol. The van der Waals surface area contributed by atoms with Gasteiger partial charge in [0.05, 0.1) is 20.3 Å². The molecule has 0 aliphatic heterocycles. The standard InChI is InChI=1S/C18H18N2O3S2/c1-11(14-8-13(22-2)4-5-16(14)23-3)19-17(21)15-10-25-18(20-15)12-6-7-24-9-12/h4-11H,1-3H3,(H,19,21). The van der Waals surface area contributed by atoms with E-state index in [1.807, 2.05) is 41.9 Å². The highest BCUT2D eigenvalue weighted by atomic mass is 32.1. The number of thiophene rings is 1. The minimum absolute atomic E-state index is 0.213. The van der Waals surface area contributed by atoms with Gasteiger partial charge in [0.25, 0.3) is 5.91 Å². The van der Waals surface area contributed by atoms with Crippen molar-refractivity contribution in [3.63, 3.8) is 0 Å². The molecule has 7 heteroatoms. The molecular weight excluding hydrogens is 356 g/mol. The number of hydrogen-bond donors (Lipinski definition) is 1. The van der Waals surface area contributed by atoms with Crippen molar-refractivity contribution in [1.82, 2.24) is 10.3 Å². The zero-order valence-corrected chi connectivity index (χ0v) is 15.7. The number of benzene rings is 1. The molecule has 1 amide bonds. The Kier molecular flexibility index (Phi) is 5.35. The highest BCUT2D eigenvalue weighted by Crippen LogP contribution is 2.30. The summed E-state index contributed by atoms with van der Waals surface area (Å²) < 4.78 is 10.6. The number of methoxy groups -OCH3 is 2. The van der Waals surface area contributed by atoms with Crippen molar-refractivity contribution >= 4 is 28.6 Å². The lowest BCUT2D eigenvalue weighted by Gasteiger charge is -2.17. The molecule has 1 unspecified atom stereocenters. The molecule has 0 bridgehead atoms. The average Bonchev–Trinajstić information content (AvgIpc) is 3.32. The monoisotopic (exact) mass is 374 g/mol. The van der Waals surface area contributed by atoms with Gasteiger partial charge in [0.2, 0.25) is 0 Å². The molecule has 1 atom stereocenters. The van der Waals surface area contributed by atoms with Crippen LogP contribution in [0.3, 0.4) is 0 Å². The van der Waals surface area contributed by atoms with Crippen LogP contribution in [0.1, 0.15) is 29.0 Å². The van der Waals surface area contributed by atoms with Crippen LogP contribution in [0.15, 0.2) is 40.4 Å². The minimum Gasteiger partial charge on any atom is -0.497 e. The van der Waals surface area contributed by atoms with Gasteiger partial charge >= 0.3 is 0 Å². The summed E-state index contributed by atoms with van der Waals surface area (Å²) in [7, 11) is 3.21. The molecule has 2 heterocycles. The molecule has 0 fully saturated rings. The Morgan fingerprint density at radius 1 is 1.20 bits per heavy atom. The van der Waals surface area contributed by atoms with Crippen LogP contribution in [0.25, 0.3) is 10.6 Å². The van der Waals surface area contributed by atoms with Gasteiger partial charge in [-0.25, -0.2) is 4.98 Å². The van der Waals surface area contributed by atoms with Crippen molar-refractivity contribution < 1.29 is 14.3 Å². The van der Waals surface area contributed by atoms with Crippen molar-refractivity contribution in [1.29, 1.82) is 0 Å². The second-order valence-electron chi connectivity index (χ2n) is 5.35. The Hall–Kier alpha value is -2.38. The lowest BCUT2D eigenvalue weighted by Crippen LogP contribution is -2.27. The van der Waals surface area contributed by atoms with E-state index >= 15 is 0 Å². The minimum atomic E-state index is -0.246. The fraction of sp³-hybridized carbons (Fsp3) is 0.222. The maximum atomic E-state index is 12.5. The molecule has 5 nitrogen and oxygen atoms in total. The molecule has 25 heavy (non-hydrogen) atoms. The second-order valence-corrected chi connectivity index (χ2v) is 6.99. The number of hydrogen-bond acceptors (Lipinski definition) is 6. The molecule has 0 radical (unpaired) electrons. The van der Waals surface area contributed by atoms with E-state index in [0.717, 1.165) is 16.1 Å². The van der Waals surface area contributed by atoms with E-state index in [4.69, 9.17) is 9.47 Å².